The van der Waals surface area contributed by atoms with E-state index in [9.17, 15) is 0 Å². The smallest absolute Gasteiger partial charge is 0.00981 e. The van der Waals surface area contributed by atoms with Crippen LogP contribution in [0.4, 0.5) is 0 Å². The van der Waals surface area contributed by atoms with E-state index < -0.39 is 0 Å². The lowest BCUT2D eigenvalue weighted by molar-refractivity contribution is 0.422. The van der Waals surface area contributed by atoms with Gasteiger partial charge in [0.25, 0.3) is 0 Å². The molecule has 1 saturated carbocycles. The van der Waals surface area contributed by atoms with Crippen LogP contribution >= 0.6 is 0 Å². The fourth-order valence-corrected chi connectivity index (χ4v) is 2.07. The van der Waals surface area contributed by atoms with Crippen LogP contribution in [0.2, 0.25) is 0 Å². The molecular weight excluding hydrogens is 158 g/mol. The Hall–Kier alpha value is -0.480. The average Bonchev–Trinajstić information content (AvgIpc) is 2.82. The highest BCUT2D eigenvalue weighted by atomic mass is 14.9. The number of hydrogen-bond donors (Lipinski definition) is 1. The summed E-state index contributed by atoms with van der Waals surface area (Å²) >= 11 is 0. The van der Waals surface area contributed by atoms with E-state index in [4.69, 9.17) is 6.42 Å². The topological polar surface area (TPSA) is 12.0 Å². The first kappa shape index (κ1) is 10.6. The van der Waals surface area contributed by atoms with Crippen molar-refractivity contribution >= 4 is 0 Å². The molecule has 1 fully saturated rings. The summed E-state index contributed by atoms with van der Waals surface area (Å²) in [6.07, 6.45) is 10.0. The van der Waals surface area contributed by atoms with Gasteiger partial charge in [0.2, 0.25) is 0 Å². The van der Waals surface area contributed by atoms with Gasteiger partial charge < -0.3 is 5.32 Å². The van der Waals surface area contributed by atoms with Gasteiger partial charge in [0.15, 0.2) is 0 Å². The second kappa shape index (κ2) is 5.29. The Balaban J connectivity index is 2.19. The highest BCUT2D eigenvalue weighted by Gasteiger charge is 2.38. The molecule has 0 heterocycles. The van der Waals surface area contributed by atoms with Gasteiger partial charge in [-0.3, -0.25) is 0 Å². The molecule has 0 amide bonds. The molecule has 1 N–H and O–H groups in total. The molecule has 3 atom stereocenters. The van der Waals surface area contributed by atoms with Gasteiger partial charge in [-0.25, -0.2) is 0 Å². The molecule has 0 radical (unpaired) electrons. The summed E-state index contributed by atoms with van der Waals surface area (Å²) in [5, 5.41) is 3.57. The van der Waals surface area contributed by atoms with Crippen LogP contribution in [0.15, 0.2) is 0 Å². The fourth-order valence-electron chi connectivity index (χ4n) is 2.07. The summed E-state index contributed by atoms with van der Waals surface area (Å²) in [5.74, 6) is 4.58. The molecule has 1 aliphatic carbocycles. The van der Waals surface area contributed by atoms with Crippen LogP contribution in [0.5, 0.6) is 0 Å². The van der Waals surface area contributed by atoms with Crippen molar-refractivity contribution in [3.05, 3.63) is 0 Å². The third-order valence-corrected chi connectivity index (χ3v) is 2.99. The van der Waals surface area contributed by atoms with E-state index in [-0.39, 0.29) is 0 Å². The van der Waals surface area contributed by atoms with Gasteiger partial charge in [-0.05, 0) is 37.6 Å². The predicted molar refractivity (Wildman–Crippen MR) is 57.4 cm³/mol. The van der Waals surface area contributed by atoms with Gasteiger partial charge in [0.1, 0.15) is 0 Å². The minimum Gasteiger partial charge on any atom is -0.314 e. The molecule has 0 aromatic carbocycles. The molecule has 0 saturated heterocycles. The number of terminal acetylenes is 1. The zero-order valence-corrected chi connectivity index (χ0v) is 8.84. The van der Waals surface area contributed by atoms with E-state index in [1.54, 1.807) is 0 Å². The summed E-state index contributed by atoms with van der Waals surface area (Å²) in [6.45, 7) is 5.61. The normalized spacial score (nSPS) is 28.1. The maximum atomic E-state index is 5.24. The maximum Gasteiger partial charge on any atom is 0.00981 e. The standard InChI is InChI=1S/C12H21N/c1-4-6-7-8-12(13-5-2)11-9-10(11)3/h1,10-13H,5-9H2,2-3H3. The molecule has 0 aromatic heterocycles. The molecule has 1 nitrogen and oxygen atoms in total. The Bertz CT molecular complexity index is 180. The lowest BCUT2D eigenvalue weighted by atomic mass is 10.0. The van der Waals surface area contributed by atoms with Crippen LogP contribution in [-0.2, 0) is 0 Å². The number of rotatable bonds is 6. The Morgan fingerprint density at radius 1 is 1.62 bits per heavy atom. The maximum absolute atomic E-state index is 5.24. The largest absolute Gasteiger partial charge is 0.314 e. The van der Waals surface area contributed by atoms with Crippen molar-refractivity contribution in [3.63, 3.8) is 0 Å². The first-order valence-electron chi connectivity index (χ1n) is 5.46. The van der Waals surface area contributed by atoms with Crippen LogP contribution in [0, 0.1) is 24.2 Å². The molecule has 0 spiro atoms. The second-order valence-electron chi connectivity index (χ2n) is 4.14. The van der Waals surface area contributed by atoms with Crippen molar-refractivity contribution in [3.8, 4) is 12.3 Å². The summed E-state index contributed by atoms with van der Waals surface area (Å²) in [5.41, 5.74) is 0. The van der Waals surface area contributed by atoms with Crippen molar-refractivity contribution in [1.29, 1.82) is 0 Å². The predicted octanol–water partition coefficient (Wildman–Crippen LogP) is 2.42. The average molecular weight is 179 g/mol. The van der Waals surface area contributed by atoms with Crippen LogP contribution in [0.25, 0.3) is 0 Å². The zero-order chi connectivity index (χ0) is 9.68. The van der Waals surface area contributed by atoms with Crippen molar-refractivity contribution < 1.29 is 0 Å². The lowest BCUT2D eigenvalue weighted by Crippen LogP contribution is -2.31. The van der Waals surface area contributed by atoms with Crippen LogP contribution in [-0.4, -0.2) is 12.6 Å². The van der Waals surface area contributed by atoms with Crippen molar-refractivity contribution in [2.24, 2.45) is 11.8 Å². The first-order valence-corrected chi connectivity index (χ1v) is 5.46. The molecule has 74 valence electrons. The van der Waals surface area contributed by atoms with Crippen LogP contribution < -0.4 is 5.32 Å². The van der Waals surface area contributed by atoms with Gasteiger partial charge in [-0.2, -0.15) is 0 Å². The van der Waals surface area contributed by atoms with Crippen molar-refractivity contribution in [2.75, 3.05) is 6.54 Å². The molecule has 0 bridgehead atoms. The molecule has 1 heteroatoms. The molecule has 1 rings (SSSR count). The van der Waals surface area contributed by atoms with Gasteiger partial charge in [0.05, 0.1) is 0 Å². The van der Waals surface area contributed by atoms with E-state index in [2.05, 4.69) is 25.1 Å². The lowest BCUT2D eigenvalue weighted by Gasteiger charge is -2.16. The highest BCUT2D eigenvalue weighted by Crippen LogP contribution is 2.41. The molecule has 13 heavy (non-hydrogen) atoms. The number of nitrogens with one attached hydrogen (secondary N) is 1. The van der Waals surface area contributed by atoms with Gasteiger partial charge in [-0.15, -0.1) is 12.3 Å². The van der Waals surface area contributed by atoms with Crippen LogP contribution in [0.3, 0.4) is 0 Å². The fraction of sp³-hybridized carbons (Fsp3) is 0.833. The van der Waals surface area contributed by atoms with Gasteiger partial charge in [-0.1, -0.05) is 13.8 Å². The Labute approximate surface area is 82.3 Å². The third kappa shape index (κ3) is 3.40. The third-order valence-electron chi connectivity index (χ3n) is 2.99. The summed E-state index contributed by atoms with van der Waals surface area (Å²) in [4.78, 5) is 0. The zero-order valence-electron chi connectivity index (χ0n) is 8.84. The molecular formula is C12H21N. The summed E-state index contributed by atoms with van der Waals surface area (Å²) in [7, 11) is 0. The van der Waals surface area contributed by atoms with Crippen molar-refractivity contribution in [1.82, 2.24) is 5.32 Å². The first-order chi connectivity index (χ1) is 6.29. The monoisotopic (exact) mass is 179 g/mol. The Kier molecular flexibility index (Phi) is 4.32. The second-order valence-corrected chi connectivity index (χ2v) is 4.14. The van der Waals surface area contributed by atoms with E-state index in [0.29, 0.717) is 0 Å². The number of unbranched alkanes of at least 4 members (excludes halogenated alkanes) is 1. The van der Waals surface area contributed by atoms with Gasteiger partial charge in [0, 0.05) is 12.5 Å². The molecule has 0 aromatic rings. The quantitative estimate of drug-likeness (QED) is 0.488. The minimum absolute atomic E-state index is 0.730. The highest BCUT2D eigenvalue weighted by molar-refractivity contribution is 4.93. The molecule has 3 unspecified atom stereocenters. The molecule has 0 aliphatic heterocycles. The molecule has 1 aliphatic rings. The van der Waals surface area contributed by atoms with Gasteiger partial charge >= 0.3 is 0 Å². The SMILES string of the molecule is C#CCCCC(NCC)C1CC1C. The summed E-state index contributed by atoms with van der Waals surface area (Å²) < 4.78 is 0. The minimum atomic E-state index is 0.730. The van der Waals surface area contributed by atoms with Crippen molar-refractivity contribution in [2.45, 2.75) is 45.6 Å². The van der Waals surface area contributed by atoms with E-state index in [0.717, 1.165) is 30.8 Å². The Morgan fingerprint density at radius 3 is 2.77 bits per heavy atom. The number of hydrogen-bond acceptors (Lipinski definition) is 1. The summed E-state index contributed by atoms with van der Waals surface area (Å²) in [6, 6.07) is 0.730. The van der Waals surface area contributed by atoms with E-state index in [1.165, 1.54) is 19.3 Å². The van der Waals surface area contributed by atoms with E-state index in [1.807, 2.05) is 0 Å². The van der Waals surface area contributed by atoms with E-state index >= 15 is 0 Å². The van der Waals surface area contributed by atoms with Crippen LogP contribution in [0.1, 0.15) is 39.5 Å². The Morgan fingerprint density at radius 2 is 2.31 bits per heavy atom.